The van der Waals surface area contributed by atoms with Crippen LogP contribution in [-0.4, -0.2) is 18.4 Å². The Balaban J connectivity index is 2.41. The molecule has 1 unspecified atom stereocenters. The summed E-state index contributed by atoms with van der Waals surface area (Å²) in [6, 6.07) is 8.32. The van der Waals surface area contributed by atoms with Crippen molar-refractivity contribution in [2.45, 2.75) is 71.6 Å². The maximum atomic E-state index is 12.0. The van der Waals surface area contributed by atoms with Crippen LogP contribution in [0.15, 0.2) is 24.3 Å². The van der Waals surface area contributed by atoms with Crippen LogP contribution in [0.1, 0.15) is 82.8 Å². The summed E-state index contributed by atoms with van der Waals surface area (Å²) in [4.78, 5) is 23.5. The van der Waals surface area contributed by atoms with Gasteiger partial charge < -0.3 is 4.74 Å². The Labute approximate surface area is 152 Å². The molecule has 25 heavy (non-hydrogen) atoms. The molecule has 3 nitrogen and oxygen atoms in total. The molecule has 0 heterocycles. The van der Waals surface area contributed by atoms with Gasteiger partial charge in [-0.1, -0.05) is 70.7 Å². The Morgan fingerprint density at radius 2 is 1.84 bits per heavy atom. The number of carbonyl (C=O) groups excluding carboxylic acids is 2. The van der Waals surface area contributed by atoms with E-state index in [9.17, 15) is 9.59 Å². The number of ether oxygens (including phenoxy) is 1. The molecule has 1 atom stereocenters. The third-order valence-corrected chi connectivity index (χ3v) is 4.14. The van der Waals surface area contributed by atoms with Crippen molar-refractivity contribution in [2.75, 3.05) is 6.61 Å². The van der Waals surface area contributed by atoms with E-state index >= 15 is 0 Å². The first-order valence-corrected chi connectivity index (χ1v) is 9.21. The molecule has 0 spiro atoms. The van der Waals surface area contributed by atoms with Gasteiger partial charge >= 0.3 is 5.97 Å². The van der Waals surface area contributed by atoms with Gasteiger partial charge in [0.05, 0.1) is 0 Å². The van der Waals surface area contributed by atoms with Crippen molar-refractivity contribution >= 4 is 11.8 Å². The molecule has 0 amide bonds. The minimum absolute atomic E-state index is 0.0800. The molecule has 136 valence electrons. The van der Waals surface area contributed by atoms with Gasteiger partial charge in [0.1, 0.15) is 0 Å². The predicted octanol–water partition coefficient (Wildman–Crippen LogP) is 5.00. The van der Waals surface area contributed by atoms with Crippen molar-refractivity contribution in [3.63, 3.8) is 0 Å². The molecule has 0 aliphatic carbocycles. The maximum Gasteiger partial charge on any atom is 0.384 e. The first kappa shape index (κ1) is 21.0. The van der Waals surface area contributed by atoms with Gasteiger partial charge in [-0.25, -0.2) is 4.79 Å². The molecule has 0 aromatic heterocycles. The highest BCUT2D eigenvalue weighted by Crippen LogP contribution is 2.23. The van der Waals surface area contributed by atoms with Crippen LogP contribution in [0.5, 0.6) is 0 Å². The Kier molecular flexibility index (Phi) is 9.62. The van der Waals surface area contributed by atoms with Crippen molar-refractivity contribution in [3.05, 3.63) is 35.4 Å². The van der Waals surface area contributed by atoms with E-state index in [1.165, 1.54) is 5.56 Å². The summed E-state index contributed by atoms with van der Waals surface area (Å²) < 4.78 is 4.95. The topological polar surface area (TPSA) is 43.4 Å². The molecule has 1 aromatic carbocycles. The Hall–Kier alpha value is -2.08. The molecule has 0 fully saturated rings. The minimum Gasteiger partial charge on any atom is -0.448 e. The lowest BCUT2D eigenvalue weighted by molar-refractivity contribution is -0.142. The van der Waals surface area contributed by atoms with Crippen LogP contribution in [-0.2, 0) is 14.3 Å². The van der Waals surface area contributed by atoms with Gasteiger partial charge in [0, 0.05) is 18.8 Å². The summed E-state index contributed by atoms with van der Waals surface area (Å²) in [5, 5.41) is 0. The summed E-state index contributed by atoms with van der Waals surface area (Å²) in [6.45, 7) is 8.24. The molecule has 1 rings (SSSR count). The smallest absolute Gasteiger partial charge is 0.384 e. The molecule has 3 heteroatoms. The SMILES string of the molecule is CCCCCC#CC(=O)OCC(=O)CC(C)c1cccc(C(C)C)c1. The largest absolute Gasteiger partial charge is 0.448 e. The second kappa shape index (κ2) is 11.5. The normalized spacial score (nSPS) is 11.6. The third-order valence-electron chi connectivity index (χ3n) is 4.14. The third kappa shape index (κ3) is 8.54. The fraction of sp³-hybridized carbons (Fsp3) is 0.545. The molecular weight excluding hydrogens is 312 g/mol. The number of carbonyl (C=O) groups is 2. The molecule has 0 saturated carbocycles. The first-order chi connectivity index (χ1) is 11.9. The zero-order chi connectivity index (χ0) is 18.7. The van der Waals surface area contributed by atoms with E-state index in [0.29, 0.717) is 18.8 Å². The average molecular weight is 342 g/mol. The lowest BCUT2D eigenvalue weighted by Crippen LogP contribution is -2.14. The van der Waals surface area contributed by atoms with Crippen LogP contribution in [0.2, 0.25) is 0 Å². The number of hydrogen-bond acceptors (Lipinski definition) is 3. The molecule has 0 saturated heterocycles. The number of esters is 1. The fourth-order valence-electron chi connectivity index (χ4n) is 2.52. The van der Waals surface area contributed by atoms with Crippen LogP contribution in [0, 0.1) is 11.8 Å². The molecule has 0 bridgehead atoms. The molecule has 0 aliphatic rings. The van der Waals surface area contributed by atoms with Crippen LogP contribution >= 0.6 is 0 Å². The Morgan fingerprint density at radius 3 is 2.52 bits per heavy atom. The number of Topliss-reactive ketones (excluding diaryl/α,β-unsaturated/α-hetero) is 1. The predicted molar refractivity (Wildman–Crippen MR) is 101 cm³/mol. The fourth-order valence-corrected chi connectivity index (χ4v) is 2.52. The number of rotatable bonds is 9. The Morgan fingerprint density at radius 1 is 1.12 bits per heavy atom. The second-order valence-electron chi connectivity index (χ2n) is 6.80. The van der Waals surface area contributed by atoms with E-state index in [-0.39, 0.29) is 18.3 Å². The quantitative estimate of drug-likeness (QED) is 0.274. The Bertz CT molecular complexity index is 620. The lowest BCUT2D eigenvalue weighted by Gasteiger charge is -2.14. The van der Waals surface area contributed by atoms with Crippen molar-refractivity contribution < 1.29 is 14.3 Å². The maximum absolute atomic E-state index is 12.0. The van der Waals surface area contributed by atoms with Gasteiger partial charge in [-0.05, 0) is 29.4 Å². The summed E-state index contributed by atoms with van der Waals surface area (Å²) >= 11 is 0. The minimum atomic E-state index is -0.612. The number of unbranched alkanes of at least 4 members (excludes halogenated alkanes) is 3. The molecule has 1 aromatic rings. The number of hydrogen-bond donors (Lipinski definition) is 0. The van der Waals surface area contributed by atoms with Gasteiger partial charge in [-0.2, -0.15) is 0 Å². The first-order valence-electron chi connectivity index (χ1n) is 9.21. The zero-order valence-electron chi connectivity index (χ0n) is 15.9. The van der Waals surface area contributed by atoms with Gasteiger partial charge in [0.25, 0.3) is 0 Å². The van der Waals surface area contributed by atoms with Gasteiger partial charge in [-0.3, -0.25) is 4.79 Å². The summed E-state index contributed by atoms with van der Waals surface area (Å²) in [5.74, 6) is 5.10. The highest BCUT2D eigenvalue weighted by Gasteiger charge is 2.13. The van der Waals surface area contributed by atoms with E-state index in [0.717, 1.165) is 24.8 Å². The standard InChI is InChI=1S/C22H30O3/c1-5-6-7-8-9-13-22(24)25-16-21(23)14-18(4)20-12-10-11-19(15-20)17(2)3/h10-12,15,17-18H,5-8,14,16H2,1-4H3. The number of ketones is 1. The van der Waals surface area contributed by atoms with Crippen molar-refractivity contribution in [3.8, 4) is 11.8 Å². The van der Waals surface area contributed by atoms with Crippen LogP contribution < -0.4 is 0 Å². The average Bonchev–Trinajstić information content (AvgIpc) is 2.59. The summed E-state index contributed by atoms with van der Waals surface area (Å²) in [5.41, 5.74) is 2.41. The van der Waals surface area contributed by atoms with Crippen molar-refractivity contribution in [2.24, 2.45) is 0 Å². The molecular formula is C22H30O3. The van der Waals surface area contributed by atoms with E-state index < -0.39 is 5.97 Å². The van der Waals surface area contributed by atoms with E-state index in [1.54, 1.807) is 0 Å². The van der Waals surface area contributed by atoms with Crippen molar-refractivity contribution in [1.29, 1.82) is 0 Å². The van der Waals surface area contributed by atoms with Crippen LogP contribution in [0.3, 0.4) is 0 Å². The van der Waals surface area contributed by atoms with Gasteiger partial charge in [0.15, 0.2) is 12.4 Å². The van der Waals surface area contributed by atoms with E-state index in [2.05, 4.69) is 44.7 Å². The van der Waals surface area contributed by atoms with E-state index in [4.69, 9.17) is 4.74 Å². The van der Waals surface area contributed by atoms with Gasteiger partial charge in [0.2, 0.25) is 0 Å². The van der Waals surface area contributed by atoms with E-state index in [1.807, 2.05) is 19.1 Å². The zero-order valence-corrected chi connectivity index (χ0v) is 15.9. The molecule has 0 N–H and O–H groups in total. The summed E-state index contributed by atoms with van der Waals surface area (Å²) in [7, 11) is 0. The lowest BCUT2D eigenvalue weighted by atomic mass is 9.92. The summed E-state index contributed by atoms with van der Waals surface area (Å²) in [6.07, 6.45) is 4.28. The van der Waals surface area contributed by atoms with Crippen LogP contribution in [0.4, 0.5) is 0 Å². The second-order valence-corrected chi connectivity index (χ2v) is 6.80. The number of benzene rings is 1. The highest BCUT2D eigenvalue weighted by molar-refractivity contribution is 5.91. The van der Waals surface area contributed by atoms with Crippen molar-refractivity contribution in [1.82, 2.24) is 0 Å². The monoisotopic (exact) mass is 342 g/mol. The highest BCUT2D eigenvalue weighted by atomic mass is 16.5. The molecule has 0 radical (unpaired) electrons. The molecule has 0 aliphatic heterocycles. The van der Waals surface area contributed by atoms with Crippen LogP contribution in [0.25, 0.3) is 0 Å². The van der Waals surface area contributed by atoms with Gasteiger partial charge in [-0.15, -0.1) is 0 Å².